The van der Waals surface area contributed by atoms with Crippen LogP contribution in [0.15, 0.2) is 10.7 Å². The van der Waals surface area contributed by atoms with Crippen LogP contribution in [-0.2, 0) is 0 Å². The zero-order valence-electron chi connectivity index (χ0n) is 5.07. The summed E-state index contributed by atoms with van der Waals surface area (Å²) in [6.07, 6.45) is 1.35. The molecule has 0 spiro atoms. The Hall–Kier alpha value is 0.539. The first-order valence-electron chi connectivity index (χ1n) is 2.68. The van der Waals surface area contributed by atoms with Gasteiger partial charge in [-0.25, -0.2) is 0 Å². The van der Waals surface area contributed by atoms with Crippen LogP contribution in [0.25, 0.3) is 0 Å². The van der Waals surface area contributed by atoms with Crippen molar-refractivity contribution in [1.29, 1.82) is 0 Å². The van der Waals surface area contributed by atoms with E-state index in [-0.39, 0.29) is 21.1 Å². The molecule has 0 aromatic carbocycles. The predicted octanol–water partition coefficient (Wildman–Crippen LogP) is 2.05. The molecule has 0 aliphatic rings. The molecule has 0 rings (SSSR count). The van der Waals surface area contributed by atoms with Gasteiger partial charge in [-0.05, 0) is 0 Å². The second-order valence-corrected chi connectivity index (χ2v) is 6.61. The molecule has 7 heavy (non-hydrogen) atoms. The van der Waals surface area contributed by atoms with Crippen molar-refractivity contribution in [1.82, 2.24) is 0 Å². The Bertz CT molecular complexity index is 50.1. The SMILES string of the molecule is C=[CH][Sn][CH](C)CC. The molecule has 0 aromatic rings. The monoisotopic (exact) mass is 204 g/mol. The summed E-state index contributed by atoms with van der Waals surface area (Å²) in [7, 11) is 0. The van der Waals surface area contributed by atoms with E-state index in [1.54, 1.807) is 0 Å². The molecule has 0 aliphatic heterocycles. The van der Waals surface area contributed by atoms with E-state index in [4.69, 9.17) is 0 Å². The summed E-state index contributed by atoms with van der Waals surface area (Å²) in [5.41, 5.74) is 0. The summed E-state index contributed by atoms with van der Waals surface area (Å²) in [6, 6.07) is 0. The summed E-state index contributed by atoms with van der Waals surface area (Å²) in [4.78, 5) is 0. The summed E-state index contributed by atoms with van der Waals surface area (Å²) >= 11 is -0.126. The summed E-state index contributed by atoms with van der Waals surface area (Å²) < 4.78 is 3.15. The molecular weight excluding hydrogens is 191 g/mol. The van der Waals surface area contributed by atoms with Gasteiger partial charge in [-0.1, -0.05) is 0 Å². The molecule has 0 amide bonds. The molecule has 1 unspecified atom stereocenters. The molecule has 40 valence electrons. The van der Waals surface area contributed by atoms with Gasteiger partial charge in [0.25, 0.3) is 0 Å². The van der Waals surface area contributed by atoms with E-state index in [0.29, 0.717) is 0 Å². The van der Waals surface area contributed by atoms with Crippen LogP contribution in [0.3, 0.4) is 0 Å². The molecule has 0 nitrogen and oxygen atoms in total. The van der Waals surface area contributed by atoms with Crippen molar-refractivity contribution in [3.8, 4) is 0 Å². The van der Waals surface area contributed by atoms with Gasteiger partial charge in [-0.15, -0.1) is 0 Å². The molecule has 1 atom stereocenters. The average molecular weight is 203 g/mol. The van der Waals surface area contributed by atoms with Crippen LogP contribution >= 0.6 is 0 Å². The van der Waals surface area contributed by atoms with Crippen molar-refractivity contribution < 1.29 is 0 Å². The van der Waals surface area contributed by atoms with E-state index in [1.807, 2.05) is 0 Å². The first-order valence-corrected chi connectivity index (χ1v) is 5.97. The molecule has 0 fully saturated rings. The second kappa shape index (κ2) is 4.69. The van der Waals surface area contributed by atoms with Gasteiger partial charge >= 0.3 is 56.0 Å². The van der Waals surface area contributed by atoms with Gasteiger partial charge in [-0.3, -0.25) is 0 Å². The molecule has 0 aromatic heterocycles. The van der Waals surface area contributed by atoms with E-state index < -0.39 is 0 Å². The van der Waals surface area contributed by atoms with Crippen molar-refractivity contribution >= 4 is 21.1 Å². The molecular formula is C6H12Sn. The van der Waals surface area contributed by atoms with E-state index in [0.717, 1.165) is 3.93 Å². The zero-order chi connectivity index (χ0) is 5.70. The molecule has 0 bridgehead atoms. The number of hydrogen-bond donors (Lipinski definition) is 0. The van der Waals surface area contributed by atoms with Gasteiger partial charge in [0.05, 0.1) is 0 Å². The van der Waals surface area contributed by atoms with Crippen LogP contribution in [0.4, 0.5) is 0 Å². The third-order valence-electron chi connectivity index (χ3n) is 1.01. The van der Waals surface area contributed by atoms with Crippen molar-refractivity contribution in [2.75, 3.05) is 0 Å². The minimum absolute atomic E-state index is 0.126. The van der Waals surface area contributed by atoms with Gasteiger partial charge in [0.2, 0.25) is 0 Å². The van der Waals surface area contributed by atoms with E-state index >= 15 is 0 Å². The Balaban J connectivity index is 2.98. The molecule has 0 saturated heterocycles. The fourth-order valence-corrected chi connectivity index (χ4v) is 2.14. The normalized spacial score (nSPS) is 13.4. The standard InChI is InChI=1S/C4H9.C2H3.Sn/c1-3-4-2;1-2;/h3H,4H2,1-2H3;1H,2H2;. The van der Waals surface area contributed by atoms with Crippen LogP contribution in [0.1, 0.15) is 20.3 Å². The van der Waals surface area contributed by atoms with Gasteiger partial charge in [-0.2, -0.15) is 0 Å². The average Bonchev–Trinajstić information content (AvgIpc) is 1.68. The van der Waals surface area contributed by atoms with Crippen LogP contribution in [0.2, 0.25) is 3.93 Å². The van der Waals surface area contributed by atoms with Gasteiger partial charge in [0.1, 0.15) is 0 Å². The third kappa shape index (κ3) is 4.39. The van der Waals surface area contributed by atoms with Crippen molar-refractivity contribution in [2.24, 2.45) is 0 Å². The maximum atomic E-state index is 3.72. The van der Waals surface area contributed by atoms with E-state index in [1.165, 1.54) is 6.42 Å². The molecule has 1 heteroatoms. The molecule has 0 heterocycles. The van der Waals surface area contributed by atoms with Gasteiger partial charge < -0.3 is 0 Å². The predicted molar refractivity (Wildman–Crippen MR) is 35.7 cm³/mol. The Morgan fingerprint density at radius 3 is 2.57 bits per heavy atom. The van der Waals surface area contributed by atoms with Crippen molar-refractivity contribution in [3.63, 3.8) is 0 Å². The quantitative estimate of drug-likeness (QED) is 0.615. The fraction of sp³-hybridized carbons (Fsp3) is 0.667. The molecule has 0 aliphatic carbocycles. The topological polar surface area (TPSA) is 0 Å². The summed E-state index contributed by atoms with van der Waals surface area (Å²) in [5.74, 6) is 0. The Morgan fingerprint density at radius 2 is 2.43 bits per heavy atom. The Morgan fingerprint density at radius 1 is 1.86 bits per heavy atom. The van der Waals surface area contributed by atoms with Gasteiger partial charge in [0.15, 0.2) is 0 Å². The molecule has 0 saturated carbocycles. The van der Waals surface area contributed by atoms with E-state index in [9.17, 15) is 0 Å². The first kappa shape index (κ1) is 7.54. The maximum absolute atomic E-state index is 3.72. The second-order valence-electron chi connectivity index (χ2n) is 1.68. The zero-order valence-corrected chi connectivity index (χ0v) is 7.92. The summed E-state index contributed by atoms with van der Waals surface area (Å²) in [5, 5.41) is 0. The fourth-order valence-electron chi connectivity index (χ4n) is 0.319. The molecule has 0 N–H and O–H groups in total. The number of rotatable bonds is 3. The van der Waals surface area contributed by atoms with Crippen LogP contribution in [0.5, 0.6) is 0 Å². The minimum atomic E-state index is -0.126. The third-order valence-corrected chi connectivity index (χ3v) is 4.48. The number of hydrogen-bond acceptors (Lipinski definition) is 0. The summed E-state index contributed by atoms with van der Waals surface area (Å²) in [6.45, 7) is 8.28. The van der Waals surface area contributed by atoms with Crippen molar-refractivity contribution in [3.05, 3.63) is 10.7 Å². The van der Waals surface area contributed by atoms with Crippen LogP contribution in [-0.4, -0.2) is 21.1 Å². The van der Waals surface area contributed by atoms with Crippen LogP contribution < -0.4 is 0 Å². The first-order chi connectivity index (χ1) is 3.31. The van der Waals surface area contributed by atoms with Gasteiger partial charge in [0, 0.05) is 0 Å². The Labute approximate surface area is 56.2 Å². The Kier molecular flexibility index (Phi) is 5.05. The van der Waals surface area contributed by atoms with E-state index in [2.05, 4.69) is 24.5 Å². The van der Waals surface area contributed by atoms with Crippen molar-refractivity contribution in [2.45, 2.75) is 24.2 Å². The van der Waals surface area contributed by atoms with Crippen LogP contribution in [0, 0.1) is 0 Å². The molecule has 2 radical (unpaired) electrons.